The molecule has 68 valence electrons. The number of hydrogen-bond acceptors (Lipinski definition) is 3. The van der Waals surface area contributed by atoms with Crippen molar-refractivity contribution in [3.63, 3.8) is 0 Å². The zero-order valence-electron chi connectivity index (χ0n) is 6.98. The Labute approximate surface area is 80.0 Å². The average Bonchev–Trinajstić information content (AvgIpc) is 2.46. The lowest BCUT2D eigenvalue weighted by Gasteiger charge is -2.00. The van der Waals surface area contributed by atoms with Crippen LogP contribution >= 0.6 is 12.6 Å². The Bertz CT molecular complexity index is 438. The molecule has 0 aromatic carbocycles. The molecule has 0 amide bonds. The molecule has 0 saturated heterocycles. The van der Waals surface area contributed by atoms with Crippen LogP contribution in [-0.2, 0) is 0 Å². The second-order valence-corrected chi connectivity index (χ2v) is 3.58. The second-order valence-electron chi connectivity index (χ2n) is 2.81. The third-order valence-corrected chi connectivity index (χ3v) is 2.00. The first-order valence-electron chi connectivity index (χ1n) is 3.87. The highest BCUT2D eigenvalue weighted by molar-refractivity contribution is 7.80. The van der Waals surface area contributed by atoms with Gasteiger partial charge in [0, 0.05) is 6.20 Å². The number of halogens is 1. The first kappa shape index (κ1) is 8.50. The van der Waals surface area contributed by atoms with E-state index in [9.17, 15) is 4.39 Å². The minimum atomic E-state index is -0.303. The Morgan fingerprint density at radius 3 is 2.92 bits per heavy atom. The summed E-state index contributed by atoms with van der Waals surface area (Å²) in [6.45, 7) is 1.87. The Kier molecular flexibility index (Phi) is 1.95. The Balaban J connectivity index is 2.71. The number of thiol groups is 1. The maximum atomic E-state index is 12.9. The number of pyridine rings is 1. The lowest BCUT2D eigenvalue weighted by Crippen LogP contribution is -1.95. The van der Waals surface area contributed by atoms with E-state index in [1.165, 1.54) is 12.3 Å². The van der Waals surface area contributed by atoms with Gasteiger partial charge >= 0.3 is 0 Å². The van der Waals surface area contributed by atoms with Gasteiger partial charge < -0.3 is 0 Å². The molecule has 0 bridgehead atoms. The van der Waals surface area contributed by atoms with Gasteiger partial charge in [-0.15, -0.1) is 10.2 Å². The fourth-order valence-electron chi connectivity index (χ4n) is 1.17. The van der Waals surface area contributed by atoms with E-state index in [0.29, 0.717) is 11.5 Å². The summed E-state index contributed by atoms with van der Waals surface area (Å²) in [7, 11) is 0. The quantitative estimate of drug-likeness (QED) is 0.707. The van der Waals surface area contributed by atoms with Gasteiger partial charge in [0.25, 0.3) is 0 Å². The summed E-state index contributed by atoms with van der Waals surface area (Å²) >= 11 is 4.22. The van der Waals surface area contributed by atoms with E-state index < -0.39 is 0 Å². The van der Waals surface area contributed by atoms with Gasteiger partial charge in [0.1, 0.15) is 11.6 Å². The molecule has 3 nitrogen and oxygen atoms in total. The standard InChI is InChI=1S/C8H8FN3S/c1-5(13)8-11-10-7-3-2-6(9)4-12(7)8/h2-5,13H,1H3. The molecule has 0 aliphatic rings. The van der Waals surface area contributed by atoms with Crippen molar-refractivity contribution in [2.75, 3.05) is 0 Å². The monoisotopic (exact) mass is 197 g/mol. The van der Waals surface area contributed by atoms with Gasteiger partial charge in [0.15, 0.2) is 5.65 Å². The van der Waals surface area contributed by atoms with Gasteiger partial charge in [-0.1, -0.05) is 0 Å². The highest BCUT2D eigenvalue weighted by atomic mass is 32.1. The molecular weight excluding hydrogens is 189 g/mol. The largest absolute Gasteiger partial charge is 0.283 e. The molecule has 0 spiro atoms. The Morgan fingerprint density at radius 1 is 1.46 bits per heavy atom. The molecule has 1 atom stereocenters. The molecule has 13 heavy (non-hydrogen) atoms. The van der Waals surface area contributed by atoms with Crippen LogP contribution in [0.25, 0.3) is 5.65 Å². The van der Waals surface area contributed by atoms with Gasteiger partial charge in [-0.3, -0.25) is 4.40 Å². The van der Waals surface area contributed by atoms with Crippen molar-refractivity contribution in [1.29, 1.82) is 0 Å². The van der Waals surface area contributed by atoms with Crippen LogP contribution in [0, 0.1) is 5.82 Å². The fourth-order valence-corrected chi connectivity index (χ4v) is 1.34. The molecule has 0 saturated carbocycles. The zero-order valence-corrected chi connectivity index (χ0v) is 7.87. The lowest BCUT2D eigenvalue weighted by molar-refractivity contribution is 0.617. The Hall–Kier alpha value is -1.10. The first-order valence-corrected chi connectivity index (χ1v) is 4.38. The molecule has 1 unspecified atom stereocenters. The van der Waals surface area contributed by atoms with Crippen molar-refractivity contribution in [3.8, 4) is 0 Å². The van der Waals surface area contributed by atoms with Crippen molar-refractivity contribution in [3.05, 3.63) is 30.0 Å². The fraction of sp³-hybridized carbons (Fsp3) is 0.250. The average molecular weight is 197 g/mol. The lowest BCUT2D eigenvalue weighted by atomic mass is 10.4. The normalized spacial score (nSPS) is 13.5. The summed E-state index contributed by atoms with van der Waals surface area (Å²) in [5.41, 5.74) is 0.636. The van der Waals surface area contributed by atoms with Crippen LogP contribution < -0.4 is 0 Å². The van der Waals surface area contributed by atoms with Crippen molar-refractivity contribution >= 4 is 18.3 Å². The number of hydrogen-bond donors (Lipinski definition) is 1. The summed E-state index contributed by atoms with van der Waals surface area (Å²) in [5.74, 6) is 0.348. The zero-order chi connectivity index (χ0) is 9.42. The van der Waals surface area contributed by atoms with Gasteiger partial charge in [0.2, 0.25) is 0 Å². The number of aromatic nitrogens is 3. The van der Waals surface area contributed by atoms with Gasteiger partial charge in [-0.05, 0) is 19.1 Å². The molecule has 0 aliphatic carbocycles. The summed E-state index contributed by atoms with van der Waals surface area (Å²) in [6, 6.07) is 2.94. The van der Waals surface area contributed by atoms with E-state index in [2.05, 4.69) is 22.8 Å². The number of nitrogens with zero attached hydrogens (tertiary/aromatic N) is 3. The van der Waals surface area contributed by atoms with E-state index in [0.717, 1.165) is 0 Å². The summed E-state index contributed by atoms with van der Waals surface area (Å²) < 4.78 is 14.5. The summed E-state index contributed by atoms with van der Waals surface area (Å²) in [4.78, 5) is 0. The van der Waals surface area contributed by atoms with E-state index in [4.69, 9.17) is 0 Å². The summed E-state index contributed by atoms with van der Waals surface area (Å²) in [5, 5.41) is 7.73. The van der Waals surface area contributed by atoms with Crippen LogP contribution in [-0.4, -0.2) is 14.6 Å². The molecule has 0 aliphatic heterocycles. The van der Waals surface area contributed by atoms with E-state index in [1.807, 2.05) is 6.92 Å². The third kappa shape index (κ3) is 1.39. The van der Waals surface area contributed by atoms with E-state index >= 15 is 0 Å². The van der Waals surface area contributed by atoms with E-state index in [1.54, 1.807) is 10.5 Å². The predicted octanol–water partition coefficient (Wildman–Crippen LogP) is 1.86. The van der Waals surface area contributed by atoms with Crippen molar-refractivity contribution < 1.29 is 4.39 Å². The Morgan fingerprint density at radius 2 is 2.23 bits per heavy atom. The second kappa shape index (κ2) is 2.99. The highest BCUT2D eigenvalue weighted by Crippen LogP contribution is 2.17. The molecular formula is C8H8FN3S. The van der Waals surface area contributed by atoms with Crippen molar-refractivity contribution in [2.24, 2.45) is 0 Å². The molecule has 2 rings (SSSR count). The van der Waals surface area contributed by atoms with Crippen LogP contribution in [0.15, 0.2) is 18.3 Å². The van der Waals surface area contributed by atoms with Crippen LogP contribution in [0.2, 0.25) is 0 Å². The summed E-state index contributed by atoms with van der Waals surface area (Å²) in [6.07, 6.45) is 1.36. The molecule has 0 N–H and O–H groups in total. The first-order chi connectivity index (χ1) is 6.18. The predicted molar refractivity (Wildman–Crippen MR) is 50.3 cm³/mol. The maximum Gasteiger partial charge on any atom is 0.160 e. The molecule has 2 heterocycles. The third-order valence-electron chi connectivity index (χ3n) is 1.77. The molecule has 0 radical (unpaired) electrons. The highest BCUT2D eigenvalue weighted by Gasteiger charge is 2.09. The minimum Gasteiger partial charge on any atom is -0.283 e. The van der Waals surface area contributed by atoms with Crippen LogP contribution in [0.3, 0.4) is 0 Å². The van der Waals surface area contributed by atoms with Crippen LogP contribution in [0.5, 0.6) is 0 Å². The molecule has 5 heteroatoms. The number of fused-ring (bicyclic) bond motifs is 1. The molecule has 2 aromatic rings. The topological polar surface area (TPSA) is 30.2 Å². The smallest absolute Gasteiger partial charge is 0.160 e. The van der Waals surface area contributed by atoms with Crippen molar-refractivity contribution in [2.45, 2.75) is 12.2 Å². The van der Waals surface area contributed by atoms with Gasteiger partial charge in [0.05, 0.1) is 5.25 Å². The van der Waals surface area contributed by atoms with Gasteiger partial charge in [-0.25, -0.2) is 4.39 Å². The molecule has 2 aromatic heterocycles. The van der Waals surface area contributed by atoms with Gasteiger partial charge in [-0.2, -0.15) is 12.6 Å². The van der Waals surface area contributed by atoms with Crippen LogP contribution in [0.4, 0.5) is 4.39 Å². The minimum absolute atomic E-state index is 0.0585. The SMILES string of the molecule is CC(S)c1nnc2ccc(F)cn12. The maximum absolute atomic E-state index is 12.9. The van der Waals surface area contributed by atoms with Crippen LogP contribution in [0.1, 0.15) is 18.0 Å². The van der Waals surface area contributed by atoms with E-state index in [-0.39, 0.29) is 11.1 Å². The number of rotatable bonds is 1. The molecule has 0 fully saturated rings. The van der Waals surface area contributed by atoms with Crippen molar-refractivity contribution in [1.82, 2.24) is 14.6 Å².